The van der Waals surface area contributed by atoms with Crippen molar-refractivity contribution in [3.05, 3.63) is 0 Å². The number of rotatable bonds is 5. The molecule has 1 unspecified atom stereocenters. The molecule has 0 spiro atoms. The zero-order valence-electron chi connectivity index (χ0n) is 7.06. The van der Waals surface area contributed by atoms with Crippen LogP contribution < -0.4 is 0 Å². The maximum atomic E-state index is 8.75. The van der Waals surface area contributed by atoms with Crippen molar-refractivity contribution >= 4 is 0 Å². The van der Waals surface area contributed by atoms with Gasteiger partial charge in [-0.25, -0.2) is 0 Å². The van der Waals surface area contributed by atoms with Gasteiger partial charge in [-0.1, -0.05) is 33.1 Å². The van der Waals surface area contributed by atoms with Gasteiger partial charge in [0.25, 0.3) is 0 Å². The molecule has 1 N–H and O–H groups in total. The van der Waals surface area contributed by atoms with Crippen LogP contribution in [0.4, 0.5) is 0 Å². The topological polar surface area (TPSA) is 20.2 Å². The Balaban J connectivity index is 0. The number of aliphatic hydroxyl groups excluding tert-OH is 1. The molecule has 0 fully saturated rings. The second kappa shape index (κ2) is 9.67. The molecule has 0 rings (SSSR count). The van der Waals surface area contributed by atoms with Crippen molar-refractivity contribution in [3.8, 4) is 0 Å². The maximum absolute atomic E-state index is 8.75. The van der Waals surface area contributed by atoms with E-state index in [1.165, 1.54) is 19.3 Å². The van der Waals surface area contributed by atoms with Crippen LogP contribution in [0, 0.1) is 5.92 Å². The van der Waals surface area contributed by atoms with Crippen LogP contribution in [-0.4, -0.2) is 11.7 Å². The number of hydrogen-bond donors (Lipinski definition) is 1. The minimum absolute atomic E-state index is 0. The molecule has 1 atom stereocenters. The largest absolute Gasteiger partial charge is 3.00 e. The fraction of sp³-hybridized carbons (Fsp3) is 1.00. The summed E-state index contributed by atoms with van der Waals surface area (Å²) in [6, 6.07) is 0. The van der Waals surface area contributed by atoms with Crippen molar-refractivity contribution in [1.29, 1.82) is 0 Å². The Morgan fingerprint density at radius 3 is 2.20 bits per heavy atom. The molecule has 0 aromatic rings. The van der Waals surface area contributed by atoms with Crippen LogP contribution >= 0.6 is 0 Å². The van der Waals surface area contributed by atoms with Crippen molar-refractivity contribution in [2.45, 2.75) is 39.5 Å². The predicted octanol–water partition coefficient (Wildman–Crippen LogP) is 2.19. The fourth-order valence-corrected chi connectivity index (χ4v) is 0.917. The van der Waals surface area contributed by atoms with E-state index in [2.05, 4.69) is 13.8 Å². The first kappa shape index (κ1) is 13.3. The van der Waals surface area contributed by atoms with Crippen molar-refractivity contribution in [2.75, 3.05) is 6.61 Å². The molecule has 10 heavy (non-hydrogen) atoms. The van der Waals surface area contributed by atoms with Gasteiger partial charge in [-0.05, 0) is 12.3 Å². The average Bonchev–Trinajstić information content (AvgIpc) is 1.91. The third-order valence-corrected chi connectivity index (χ3v) is 1.80. The molecule has 1 radical (unpaired) electrons. The zero-order valence-corrected chi connectivity index (χ0v) is 8.62. The molecule has 0 aromatic carbocycles. The van der Waals surface area contributed by atoms with Crippen LogP contribution in [0.25, 0.3) is 0 Å². The van der Waals surface area contributed by atoms with Crippen LogP contribution in [0.1, 0.15) is 39.5 Å². The standard InChI is InChI=1S/C8H18O.Ti/c1-3-5-6-8(4-2)7-9;/h8-9H,3-7H2,1-2H3;/q;+3. The monoisotopic (exact) mass is 178 g/mol. The molecule has 0 aliphatic rings. The predicted molar refractivity (Wildman–Crippen MR) is 40.4 cm³/mol. The SMILES string of the molecule is CCCCC(CC)CO.[Ti+3]. The van der Waals surface area contributed by atoms with Gasteiger partial charge in [0.05, 0.1) is 0 Å². The molecule has 0 aliphatic heterocycles. The number of aliphatic hydroxyl groups is 1. The van der Waals surface area contributed by atoms with E-state index in [-0.39, 0.29) is 21.7 Å². The summed E-state index contributed by atoms with van der Waals surface area (Å²) in [5.41, 5.74) is 0. The Morgan fingerprint density at radius 2 is 1.90 bits per heavy atom. The summed E-state index contributed by atoms with van der Waals surface area (Å²) in [6.45, 7) is 4.69. The van der Waals surface area contributed by atoms with Crippen LogP contribution in [0.3, 0.4) is 0 Å². The molecule has 0 aliphatic carbocycles. The van der Waals surface area contributed by atoms with Crippen molar-refractivity contribution in [2.24, 2.45) is 5.92 Å². The summed E-state index contributed by atoms with van der Waals surface area (Å²) >= 11 is 0. The maximum Gasteiger partial charge on any atom is 3.00 e. The molecular weight excluding hydrogens is 160 g/mol. The van der Waals surface area contributed by atoms with Gasteiger partial charge in [-0.15, -0.1) is 0 Å². The summed E-state index contributed by atoms with van der Waals surface area (Å²) in [4.78, 5) is 0. The molecule has 57 valence electrons. The van der Waals surface area contributed by atoms with E-state index in [1.54, 1.807) is 0 Å². The quantitative estimate of drug-likeness (QED) is 0.639. The minimum Gasteiger partial charge on any atom is -0.396 e. The van der Waals surface area contributed by atoms with Crippen molar-refractivity contribution < 1.29 is 26.8 Å². The van der Waals surface area contributed by atoms with Crippen LogP contribution in [0.2, 0.25) is 0 Å². The Kier molecular flexibility index (Phi) is 12.8. The molecule has 1 nitrogen and oxygen atoms in total. The van der Waals surface area contributed by atoms with Crippen LogP contribution in [0.15, 0.2) is 0 Å². The van der Waals surface area contributed by atoms with Gasteiger partial charge in [0, 0.05) is 6.61 Å². The normalized spacial score (nSPS) is 12.3. The van der Waals surface area contributed by atoms with Gasteiger partial charge in [0.15, 0.2) is 0 Å². The van der Waals surface area contributed by atoms with Crippen LogP contribution in [-0.2, 0) is 21.7 Å². The fourth-order valence-electron chi connectivity index (χ4n) is 0.917. The van der Waals surface area contributed by atoms with E-state index in [0.29, 0.717) is 12.5 Å². The van der Waals surface area contributed by atoms with E-state index in [0.717, 1.165) is 6.42 Å². The smallest absolute Gasteiger partial charge is 0.396 e. The van der Waals surface area contributed by atoms with Gasteiger partial charge >= 0.3 is 21.7 Å². The first-order valence-electron chi connectivity index (χ1n) is 3.96. The Labute approximate surface area is 79.1 Å². The average molecular weight is 178 g/mol. The van der Waals surface area contributed by atoms with Gasteiger partial charge in [0.2, 0.25) is 0 Å². The first-order chi connectivity index (χ1) is 4.35. The van der Waals surface area contributed by atoms with E-state index >= 15 is 0 Å². The van der Waals surface area contributed by atoms with Crippen molar-refractivity contribution in [3.63, 3.8) is 0 Å². The summed E-state index contributed by atoms with van der Waals surface area (Å²) in [7, 11) is 0. The second-order valence-electron chi connectivity index (χ2n) is 2.60. The molecule has 2 heteroatoms. The summed E-state index contributed by atoms with van der Waals surface area (Å²) in [6.07, 6.45) is 4.83. The Hall–Kier alpha value is 0.674. The van der Waals surface area contributed by atoms with E-state index in [1.807, 2.05) is 0 Å². The third kappa shape index (κ3) is 6.79. The van der Waals surface area contributed by atoms with Gasteiger partial charge in [-0.2, -0.15) is 0 Å². The molecule has 0 saturated carbocycles. The second-order valence-corrected chi connectivity index (χ2v) is 2.60. The molecule has 0 saturated heterocycles. The van der Waals surface area contributed by atoms with Crippen molar-refractivity contribution in [1.82, 2.24) is 0 Å². The van der Waals surface area contributed by atoms with Crippen LogP contribution in [0.5, 0.6) is 0 Å². The Morgan fingerprint density at radius 1 is 1.30 bits per heavy atom. The number of hydrogen-bond acceptors (Lipinski definition) is 1. The summed E-state index contributed by atoms with van der Waals surface area (Å²) < 4.78 is 0. The van der Waals surface area contributed by atoms with E-state index < -0.39 is 0 Å². The minimum atomic E-state index is 0. The molecule has 0 amide bonds. The third-order valence-electron chi connectivity index (χ3n) is 1.80. The first-order valence-corrected chi connectivity index (χ1v) is 3.96. The van der Waals surface area contributed by atoms with E-state index in [9.17, 15) is 0 Å². The summed E-state index contributed by atoms with van der Waals surface area (Å²) in [5.74, 6) is 0.560. The zero-order chi connectivity index (χ0) is 7.11. The Bertz CT molecular complexity index is 53.2. The molecule has 0 aromatic heterocycles. The van der Waals surface area contributed by atoms with E-state index in [4.69, 9.17) is 5.11 Å². The molecule has 0 heterocycles. The van der Waals surface area contributed by atoms with Gasteiger partial charge < -0.3 is 5.11 Å². The summed E-state index contributed by atoms with van der Waals surface area (Å²) in [5, 5.41) is 8.75. The van der Waals surface area contributed by atoms with Gasteiger partial charge in [-0.3, -0.25) is 0 Å². The van der Waals surface area contributed by atoms with Gasteiger partial charge in [0.1, 0.15) is 0 Å². The number of unbranched alkanes of at least 4 members (excludes halogenated alkanes) is 1. The molecular formula is C8H18OTi+3. The molecule has 0 bridgehead atoms.